The van der Waals surface area contributed by atoms with Crippen LogP contribution in [0.4, 0.5) is 0 Å². The fourth-order valence-corrected chi connectivity index (χ4v) is 1.92. The summed E-state index contributed by atoms with van der Waals surface area (Å²) in [4.78, 5) is 6.46. The Morgan fingerprint density at radius 2 is 2.20 bits per heavy atom. The molecule has 0 spiro atoms. The van der Waals surface area contributed by atoms with Gasteiger partial charge in [-0.3, -0.25) is 15.3 Å². The third-order valence-corrected chi connectivity index (χ3v) is 2.71. The normalized spacial score (nSPS) is 16.8. The van der Waals surface area contributed by atoms with Gasteiger partial charge in [0.2, 0.25) is 0 Å². The molecule has 0 saturated carbocycles. The molecule has 0 bridgehead atoms. The Balaban J connectivity index is 2.07. The molecule has 0 unspecified atom stereocenters. The zero-order valence-corrected chi connectivity index (χ0v) is 8.74. The molecule has 0 amide bonds. The molecule has 15 heavy (non-hydrogen) atoms. The van der Waals surface area contributed by atoms with Gasteiger partial charge in [-0.05, 0) is 43.6 Å². The molecule has 4 nitrogen and oxygen atoms in total. The van der Waals surface area contributed by atoms with Crippen LogP contribution in [0, 0.1) is 5.41 Å². The van der Waals surface area contributed by atoms with E-state index in [0.29, 0.717) is 5.69 Å². The first-order valence-corrected chi connectivity index (χ1v) is 5.27. The van der Waals surface area contributed by atoms with Gasteiger partial charge in [0.1, 0.15) is 11.5 Å². The van der Waals surface area contributed by atoms with Gasteiger partial charge in [0.05, 0.1) is 0 Å². The summed E-state index contributed by atoms with van der Waals surface area (Å²) >= 11 is 0. The van der Waals surface area contributed by atoms with E-state index in [2.05, 4.69) is 9.88 Å². The van der Waals surface area contributed by atoms with E-state index in [-0.39, 0.29) is 5.84 Å². The van der Waals surface area contributed by atoms with Crippen molar-refractivity contribution < 1.29 is 0 Å². The van der Waals surface area contributed by atoms with Crippen LogP contribution in [0.2, 0.25) is 0 Å². The summed E-state index contributed by atoms with van der Waals surface area (Å²) in [5, 5.41) is 7.32. The van der Waals surface area contributed by atoms with Crippen molar-refractivity contribution in [2.45, 2.75) is 19.4 Å². The Morgan fingerprint density at radius 3 is 2.87 bits per heavy atom. The van der Waals surface area contributed by atoms with Crippen LogP contribution in [0.5, 0.6) is 0 Å². The molecule has 4 heteroatoms. The fraction of sp³-hybridized carbons (Fsp3) is 0.455. The predicted octanol–water partition coefficient (Wildman–Crippen LogP) is 0.961. The molecule has 1 fully saturated rings. The number of rotatable bonds is 3. The molecule has 1 aromatic rings. The van der Waals surface area contributed by atoms with Gasteiger partial charge in [0.15, 0.2) is 0 Å². The smallest absolute Gasteiger partial charge is 0.141 e. The van der Waals surface area contributed by atoms with E-state index in [1.807, 2.05) is 12.1 Å². The average molecular weight is 204 g/mol. The van der Waals surface area contributed by atoms with E-state index in [9.17, 15) is 0 Å². The number of nitrogens with one attached hydrogen (secondary N) is 1. The summed E-state index contributed by atoms with van der Waals surface area (Å²) in [5.74, 6) is 0.0401. The van der Waals surface area contributed by atoms with Gasteiger partial charge in [-0.25, -0.2) is 0 Å². The summed E-state index contributed by atoms with van der Waals surface area (Å²) in [5.41, 5.74) is 7.17. The van der Waals surface area contributed by atoms with E-state index in [4.69, 9.17) is 11.1 Å². The number of nitrogens with two attached hydrogens (primary N) is 1. The molecule has 0 atom stereocenters. The second kappa shape index (κ2) is 4.40. The fourth-order valence-electron chi connectivity index (χ4n) is 1.92. The summed E-state index contributed by atoms with van der Waals surface area (Å²) in [6.45, 7) is 3.30. The summed E-state index contributed by atoms with van der Waals surface area (Å²) in [6.07, 6.45) is 4.32. The van der Waals surface area contributed by atoms with Crippen molar-refractivity contribution in [1.82, 2.24) is 9.88 Å². The number of nitrogens with zero attached hydrogens (tertiary/aromatic N) is 2. The molecule has 1 saturated heterocycles. The molecule has 2 rings (SSSR count). The number of pyridine rings is 1. The number of aromatic nitrogens is 1. The Hall–Kier alpha value is -1.42. The van der Waals surface area contributed by atoms with Crippen LogP contribution >= 0.6 is 0 Å². The van der Waals surface area contributed by atoms with Gasteiger partial charge in [0.25, 0.3) is 0 Å². The number of nitrogen functional groups attached to an aromatic ring is 1. The molecule has 3 N–H and O–H groups in total. The van der Waals surface area contributed by atoms with E-state index < -0.39 is 0 Å². The lowest BCUT2D eigenvalue weighted by Gasteiger charge is -2.14. The second-order valence-corrected chi connectivity index (χ2v) is 3.95. The van der Waals surface area contributed by atoms with Crippen molar-refractivity contribution in [3.05, 3.63) is 29.6 Å². The van der Waals surface area contributed by atoms with Crippen LogP contribution < -0.4 is 5.73 Å². The molecular formula is C11H16N4. The molecule has 2 heterocycles. The number of hydrogen-bond acceptors (Lipinski definition) is 3. The third kappa shape index (κ3) is 2.53. The summed E-state index contributed by atoms with van der Waals surface area (Å²) in [7, 11) is 0. The highest BCUT2D eigenvalue weighted by atomic mass is 15.1. The number of likely N-dealkylation sites (tertiary alicyclic amines) is 1. The van der Waals surface area contributed by atoms with Crippen LogP contribution in [0.25, 0.3) is 0 Å². The summed E-state index contributed by atoms with van der Waals surface area (Å²) in [6, 6.07) is 3.89. The maximum atomic E-state index is 7.32. The lowest BCUT2D eigenvalue weighted by atomic mass is 10.2. The first kappa shape index (κ1) is 10.1. The van der Waals surface area contributed by atoms with Crippen molar-refractivity contribution in [2.24, 2.45) is 5.73 Å². The standard InChI is InChI=1S/C11H16N4/c12-11(13)10-7-9(3-4-14-10)8-15-5-1-2-6-15/h3-4,7H,1-2,5-6,8H2,(H3,12,13). The summed E-state index contributed by atoms with van der Waals surface area (Å²) < 4.78 is 0. The van der Waals surface area contributed by atoms with Gasteiger partial charge in [0, 0.05) is 12.7 Å². The van der Waals surface area contributed by atoms with Crippen molar-refractivity contribution in [3.63, 3.8) is 0 Å². The van der Waals surface area contributed by atoms with E-state index in [0.717, 1.165) is 6.54 Å². The molecule has 80 valence electrons. The van der Waals surface area contributed by atoms with E-state index in [1.165, 1.54) is 31.5 Å². The third-order valence-electron chi connectivity index (χ3n) is 2.71. The minimum Gasteiger partial charge on any atom is -0.382 e. The van der Waals surface area contributed by atoms with Crippen LogP contribution in [0.3, 0.4) is 0 Å². The zero-order valence-electron chi connectivity index (χ0n) is 8.74. The lowest BCUT2D eigenvalue weighted by Crippen LogP contribution is -2.19. The Labute approximate surface area is 89.6 Å². The van der Waals surface area contributed by atoms with Gasteiger partial charge in [-0.1, -0.05) is 0 Å². The Bertz CT molecular complexity index is 355. The van der Waals surface area contributed by atoms with Crippen LogP contribution in [0.1, 0.15) is 24.1 Å². The van der Waals surface area contributed by atoms with Crippen LogP contribution in [-0.2, 0) is 6.54 Å². The Morgan fingerprint density at radius 1 is 1.47 bits per heavy atom. The maximum Gasteiger partial charge on any atom is 0.141 e. The van der Waals surface area contributed by atoms with Gasteiger partial charge < -0.3 is 5.73 Å². The largest absolute Gasteiger partial charge is 0.382 e. The number of amidine groups is 1. The van der Waals surface area contributed by atoms with Crippen molar-refractivity contribution in [2.75, 3.05) is 13.1 Å². The van der Waals surface area contributed by atoms with Crippen molar-refractivity contribution >= 4 is 5.84 Å². The second-order valence-electron chi connectivity index (χ2n) is 3.95. The monoisotopic (exact) mass is 204 g/mol. The first-order chi connectivity index (χ1) is 7.25. The van der Waals surface area contributed by atoms with Crippen LogP contribution in [0.15, 0.2) is 18.3 Å². The molecule has 0 aliphatic carbocycles. The van der Waals surface area contributed by atoms with E-state index >= 15 is 0 Å². The predicted molar refractivity (Wildman–Crippen MR) is 59.8 cm³/mol. The number of hydrogen-bond donors (Lipinski definition) is 2. The minimum atomic E-state index is 0.0401. The Kier molecular flexibility index (Phi) is 2.97. The van der Waals surface area contributed by atoms with Crippen LogP contribution in [-0.4, -0.2) is 28.8 Å². The molecule has 0 aromatic carbocycles. The van der Waals surface area contributed by atoms with Gasteiger partial charge >= 0.3 is 0 Å². The molecule has 0 radical (unpaired) electrons. The topological polar surface area (TPSA) is 66.0 Å². The van der Waals surface area contributed by atoms with Gasteiger partial charge in [-0.15, -0.1) is 0 Å². The first-order valence-electron chi connectivity index (χ1n) is 5.27. The highest BCUT2D eigenvalue weighted by Crippen LogP contribution is 2.12. The quantitative estimate of drug-likeness (QED) is 0.569. The highest BCUT2D eigenvalue weighted by molar-refractivity contribution is 5.93. The highest BCUT2D eigenvalue weighted by Gasteiger charge is 2.12. The SMILES string of the molecule is N=C(N)c1cc(CN2CCCC2)ccn1. The molecule has 1 aromatic heterocycles. The molecule has 1 aliphatic rings. The molecular weight excluding hydrogens is 188 g/mol. The van der Waals surface area contributed by atoms with E-state index in [1.54, 1.807) is 6.20 Å². The lowest BCUT2D eigenvalue weighted by molar-refractivity contribution is 0.331. The average Bonchev–Trinajstić information content (AvgIpc) is 2.71. The van der Waals surface area contributed by atoms with Gasteiger partial charge in [-0.2, -0.15) is 0 Å². The maximum absolute atomic E-state index is 7.32. The van der Waals surface area contributed by atoms with Crippen molar-refractivity contribution in [1.29, 1.82) is 5.41 Å². The minimum absolute atomic E-state index is 0.0401. The molecule has 1 aliphatic heterocycles. The van der Waals surface area contributed by atoms with Crippen molar-refractivity contribution in [3.8, 4) is 0 Å². The zero-order chi connectivity index (χ0) is 10.7.